The Hall–Kier alpha value is -2.34. The molecule has 0 spiro atoms. The standard InChI is InChI=1S/C21H23F6N3O3/c22-20(23,24)14-7-13(8-15(9-14)21(25,26)27)17(31)29-10-12-1-5-30(6-2-12)18(32)19-3-4-28-11-16(19)33-19/h7-9,12,16,28H,1-6,10-11H2,(H,29,31). The first kappa shape index (κ1) is 23.8. The normalized spacial score (nSPS) is 26.0. The van der Waals surface area contributed by atoms with Crippen LogP contribution in [0.1, 0.15) is 40.7 Å². The van der Waals surface area contributed by atoms with Crippen LogP contribution in [-0.2, 0) is 21.9 Å². The first-order chi connectivity index (χ1) is 15.4. The van der Waals surface area contributed by atoms with Gasteiger partial charge in [-0.05, 0) is 43.5 Å². The third kappa shape index (κ3) is 4.96. The molecule has 2 N–H and O–H groups in total. The molecule has 0 aromatic heterocycles. The smallest absolute Gasteiger partial charge is 0.354 e. The molecule has 0 bridgehead atoms. The third-order valence-corrected chi connectivity index (χ3v) is 6.48. The summed E-state index contributed by atoms with van der Waals surface area (Å²) in [5.74, 6) is -1.10. The summed E-state index contributed by atoms with van der Waals surface area (Å²) in [5, 5.41) is 5.61. The second-order valence-corrected chi connectivity index (χ2v) is 8.69. The monoisotopic (exact) mass is 479 g/mol. The molecule has 3 heterocycles. The van der Waals surface area contributed by atoms with E-state index < -0.39 is 40.6 Å². The highest BCUT2D eigenvalue weighted by molar-refractivity contribution is 5.94. The van der Waals surface area contributed by atoms with Gasteiger partial charge in [-0.15, -0.1) is 0 Å². The van der Waals surface area contributed by atoms with Crippen LogP contribution in [0.25, 0.3) is 0 Å². The van der Waals surface area contributed by atoms with Gasteiger partial charge in [0.25, 0.3) is 11.8 Å². The fourth-order valence-electron chi connectivity index (χ4n) is 4.48. The van der Waals surface area contributed by atoms with Gasteiger partial charge in [-0.1, -0.05) is 0 Å². The van der Waals surface area contributed by atoms with Gasteiger partial charge in [0.1, 0.15) is 6.10 Å². The molecule has 3 fully saturated rings. The minimum atomic E-state index is -5.02. The van der Waals surface area contributed by atoms with Crippen LogP contribution in [0.5, 0.6) is 0 Å². The molecular formula is C21H23F6N3O3. The summed E-state index contributed by atoms with van der Waals surface area (Å²) in [7, 11) is 0. The van der Waals surface area contributed by atoms with E-state index in [0.29, 0.717) is 57.6 Å². The van der Waals surface area contributed by atoms with Gasteiger partial charge in [-0.25, -0.2) is 0 Å². The van der Waals surface area contributed by atoms with E-state index in [9.17, 15) is 35.9 Å². The third-order valence-electron chi connectivity index (χ3n) is 6.48. The van der Waals surface area contributed by atoms with Gasteiger partial charge >= 0.3 is 12.4 Å². The molecule has 182 valence electrons. The lowest BCUT2D eigenvalue weighted by molar-refractivity contribution is -0.143. The number of fused-ring (bicyclic) bond motifs is 1. The molecule has 0 aliphatic carbocycles. The van der Waals surface area contributed by atoms with Crippen LogP contribution in [0.2, 0.25) is 0 Å². The van der Waals surface area contributed by atoms with E-state index in [0.717, 1.165) is 0 Å². The minimum absolute atomic E-state index is 0.0144. The number of hydrogen-bond acceptors (Lipinski definition) is 4. The minimum Gasteiger partial charge on any atom is -0.354 e. The van der Waals surface area contributed by atoms with Crippen LogP contribution in [0.15, 0.2) is 18.2 Å². The number of epoxide rings is 1. The average Bonchev–Trinajstić information content (AvgIpc) is 3.52. The predicted molar refractivity (Wildman–Crippen MR) is 103 cm³/mol. The lowest BCUT2D eigenvalue weighted by Crippen LogP contribution is -2.50. The summed E-state index contributed by atoms with van der Waals surface area (Å²) in [6.45, 7) is 2.33. The van der Waals surface area contributed by atoms with E-state index in [1.54, 1.807) is 4.90 Å². The van der Waals surface area contributed by atoms with Gasteiger partial charge in [0.2, 0.25) is 0 Å². The molecule has 3 saturated heterocycles. The van der Waals surface area contributed by atoms with Crippen LogP contribution in [-0.4, -0.2) is 61.1 Å². The fourth-order valence-corrected chi connectivity index (χ4v) is 4.48. The van der Waals surface area contributed by atoms with Crippen molar-refractivity contribution in [2.45, 2.75) is 43.3 Å². The van der Waals surface area contributed by atoms with Gasteiger partial charge in [0.05, 0.1) is 11.1 Å². The van der Waals surface area contributed by atoms with E-state index >= 15 is 0 Å². The number of ether oxygens (including phenoxy) is 1. The topological polar surface area (TPSA) is 74.0 Å². The Morgan fingerprint density at radius 1 is 1.06 bits per heavy atom. The Morgan fingerprint density at radius 3 is 2.21 bits per heavy atom. The SMILES string of the molecule is O=C(NCC1CCN(C(=O)C23CCNCC2O3)CC1)c1cc(C(F)(F)F)cc(C(F)(F)F)c1. The fraction of sp³-hybridized carbons (Fsp3) is 0.619. The largest absolute Gasteiger partial charge is 0.416 e. The molecule has 2 amide bonds. The molecule has 12 heteroatoms. The van der Waals surface area contributed by atoms with Gasteiger partial charge in [0.15, 0.2) is 5.60 Å². The van der Waals surface area contributed by atoms with Crippen LogP contribution in [0.4, 0.5) is 26.3 Å². The number of halogens is 6. The van der Waals surface area contributed by atoms with Crippen molar-refractivity contribution in [3.63, 3.8) is 0 Å². The number of nitrogens with zero attached hydrogens (tertiary/aromatic N) is 1. The van der Waals surface area contributed by atoms with Crippen molar-refractivity contribution in [2.75, 3.05) is 32.7 Å². The van der Waals surface area contributed by atoms with Crippen LogP contribution < -0.4 is 10.6 Å². The highest BCUT2D eigenvalue weighted by Gasteiger charge is 2.64. The number of amides is 2. The molecule has 0 radical (unpaired) electrons. The van der Waals surface area contributed by atoms with E-state index in [1.807, 2.05) is 0 Å². The van der Waals surface area contributed by atoms with Crippen molar-refractivity contribution in [3.05, 3.63) is 34.9 Å². The number of benzene rings is 1. The molecule has 2 unspecified atom stereocenters. The molecule has 4 rings (SSSR count). The molecule has 0 saturated carbocycles. The zero-order chi connectivity index (χ0) is 24.0. The summed E-state index contributed by atoms with van der Waals surface area (Å²) in [6.07, 6.45) is -8.42. The molecule has 3 aliphatic heterocycles. The van der Waals surface area contributed by atoms with Crippen LogP contribution in [0, 0.1) is 5.92 Å². The van der Waals surface area contributed by atoms with Crippen molar-refractivity contribution in [1.82, 2.24) is 15.5 Å². The maximum atomic E-state index is 13.0. The number of piperidine rings is 2. The number of rotatable bonds is 4. The van der Waals surface area contributed by atoms with Gasteiger partial charge < -0.3 is 20.3 Å². The maximum Gasteiger partial charge on any atom is 0.416 e. The second-order valence-electron chi connectivity index (χ2n) is 8.69. The van der Waals surface area contributed by atoms with Gasteiger partial charge in [0, 0.05) is 38.2 Å². The average molecular weight is 479 g/mol. The Bertz CT molecular complexity index is 895. The molecular weight excluding hydrogens is 456 g/mol. The van der Waals surface area contributed by atoms with Crippen LogP contribution >= 0.6 is 0 Å². The highest BCUT2D eigenvalue weighted by Crippen LogP contribution is 2.43. The second kappa shape index (κ2) is 8.46. The quantitative estimate of drug-likeness (QED) is 0.515. The van der Waals surface area contributed by atoms with Crippen molar-refractivity contribution in [3.8, 4) is 0 Å². The van der Waals surface area contributed by atoms with Crippen molar-refractivity contribution >= 4 is 11.8 Å². The molecule has 1 aromatic carbocycles. The van der Waals surface area contributed by atoms with Crippen LogP contribution in [0.3, 0.4) is 0 Å². The lowest BCUT2D eigenvalue weighted by atomic mass is 9.92. The number of likely N-dealkylation sites (tertiary alicyclic amines) is 1. The zero-order valence-electron chi connectivity index (χ0n) is 17.5. The first-order valence-electron chi connectivity index (χ1n) is 10.7. The summed E-state index contributed by atoms with van der Waals surface area (Å²) < 4.78 is 83.6. The van der Waals surface area contributed by atoms with Crippen molar-refractivity contribution < 1.29 is 40.7 Å². The number of nitrogens with one attached hydrogen (secondary N) is 2. The highest BCUT2D eigenvalue weighted by atomic mass is 19.4. The number of carbonyl (C=O) groups excluding carboxylic acids is 2. The number of alkyl halides is 6. The zero-order valence-corrected chi connectivity index (χ0v) is 17.5. The molecule has 33 heavy (non-hydrogen) atoms. The number of carbonyl (C=O) groups is 2. The maximum absolute atomic E-state index is 13.0. The van der Waals surface area contributed by atoms with E-state index in [4.69, 9.17) is 4.74 Å². The Labute approximate surface area is 185 Å². The van der Waals surface area contributed by atoms with E-state index in [1.165, 1.54) is 0 Å². The van der Waals surface area contributed by atoms with E-state index in [2.05, 4.69) is 10.6 Å². The molecule has 3 aliphatic rings. The predicted octanol–water partition coefficient (Wildman–Crippen LogP) is 2.82. The van der Waals surface area contributed by atoms with E-state index in [-0.39, 0.29) is 30.5 Å². The van der Waals surface area contributed by atoms with Gasteiger partial charge in [-0.3, -0.25) is 9.59 Å². The Morgan fingerprint density at radius 2 is 1.67 bits per heavy atom. The summed E-state index contributed by atoms with van der Waals surface area (Å²) >= 11 is 0. The van der Waals surface area contributed by atoms with Crippen molar-refractivity contribution in [2.24, 2.45) is 5.92 Å². The summed E-state index contributed by atoms with van der Waals surface area (Å²) in [6, 6.07) is 0.812. The molecule has 6 nitrogen and oxygen atoms in total. The first-order valence-corrected chi connectivity index (χ1v) is 10.7. The summed E-state index contributed by atoms with van der Waals surface area (Å²) in [4.78, 5) is 26.9. The lowest BCUT2D eigenvalue weighted by Gasteiger charge is -2.34. The Balaban J connectivity index is 1.33. The van der Waals surface area contributed by atoms with Gasteiger partial charge in [-0.2, -0.15) is 26.3 Å². The summed E-state index contributed by atoms with van der Waals surface area (Å²) in [5.41, 5.74) is -4.50. The molecule has 2 atom stereocenters. The number of hydrogen-bond donors (Lipinski definition) is 2. The van der Waals surface area contributed by atoms with Crippen molar-refractivity contribution in [1.29, 1.82) is 0 Å². The molecule has 1 aromatic rings. The Kier molecular flexibility index (Phi) is 6.10.